The molecule has 1 aliphatic heterocycles. The second kappa shape index (κ2) is 12.8. The van der Waals surface area contributed by atoms with Crippen molar-refractivity contribution in [2.45, 2.75) is 116 Å². The third-order valence-corrected chi connectivity index (χ3v) is 9.64. The number of fused-ring (bicyclic) bond motifs is 1. The molecule has 3 aliphatic carbocycles. The second-order valence-corrected chi connectivity index (χ2v) is 14.4. The van der Waals surface area contributed by atoms with Crippen LogP contribution in [0.2, 0.25) is 0 Å². The van der Waals surface area contributed by atoms with E-state index in [0.717, 1.165) is 51.4 Å². The third-order valence-electron chi connectivity index (χ3n) is 9.64. The number of carbonyl (C=O) groups is 5. The van der Waals surface area contributed by atoms with Crippen LogP contribution in [0.5, 0.6) is 0 Å². The van der Waals surface area contributed by atoms with Crippen LogP contribution in [0.15, 0.2) is 12.7 Å². The van der Waals surface area contributed by atoms with Gasteiger partial charge in [-0.25, -0.2) is 4.79 Å². The van der Waals surface area contributed by atoms with E-state index in [9.17, 15) is 24.0 Å². The zero-order valence-electron chi connectivity index (χ0n) is 26.0. The smallest absolute Gasteiger partial charge is 0.408 e. The first-order valence-electron chi connectivity index (χ1n) is 15.8. The Morgan fingerprint density at radius 3 is 2.29 bits per heavy atom. The van der Waals surface area contributed by atoms with Gasteiger partial charge < -0.3 is 25.6 Å². The molecule has 2 unspecified atom stereocenters. The van der Waals surface area contributed by atoms with Crippen LogP contribution in [-0.4, -0.2) is 71.3 Å². The maximum atomic E-state index is 14.2. The van der Waals surface area contributed by atoms with Crippen molar-refractivity contribution < 1.29 is 28.7 Å². The van der Waals surface area contributed by atoms with Crippen molar-refractivity contribution >= 4 is 29.6 Å². The Morgan fingerprint density at radius 2 is 1.69 bits per heavy atom. The van der Waals surface area contributed by atoms with E-state index in [1.165, 1.54) is 6.08 Å². The van der Waals surface area contributed by atoms with Gasteiger partial charge in [0.2, 0.25) is 17.6 Å². The molecule has 42 heavy (non-hydrogen) atoms. The third kappa shape index (κ3) is 7.53. The van der Waals surface area contributed by atoms with E-state index in [-0.39, 0.29) is 35.6 Å². The summed E-state index contributed by atoms with van der Waals surface area (Å²) in [6.45, 7) is 13.7. The Kier molecular flexibility index (Phi) is 9.72. The molecule has 0 bridgehead atoms. The number of carbonyl (C=O) groups excluding carboxylic acids is 5. The van der Waals surface area contributed by atoms with Gasteiger partial charge >= 0.3 is 6.09 Å². The van der Waals surface area contributed by atoms with Crippen LogP contribution >= 0.6 is 0 Å². The molecular weight excluding hydrogens is 536 g/mol. The van der Waals surface area contributed by atoms with Gasteiger partial charge in [-0.3, -0.25) is 19.2 Å². The number of nitrogens with one attached hydrogen (secondary N) is 3. The fourth-order valence-corrected chi connectivity index (χ4v) is 7.02. The highest BCUT2D eigenvalue weighted by Crippen LogP contribution is 2.65. The highest BCUT2D eigenvalue weighted by atomic mass is 16.6. The maximum Gasteiger partial charge on any atom is 0.408 e. The molecule has 0 radical (unpaired) electrons. The minimum atomic E-state index is -0.963. The number of Topliss-reactive ketones (excluding diaryl/α,β-unsaturated/α-hetero) is 1. The van der Waals surface area contributed by atoms with E-state index in [2.05, 4.69) is 36.4 Å². The fourth-order valence-electron chi connectivity index (χ4n) is 7.02. The van der Waals surface area contributed by atoms with Crippen LogP contribution in [0.3, 0.4) is 0 Å². The topological polar surface area (TPSA) is 134 Å². The van der Waals surface area contributed by atoms with Crippen molar-refractivity contribution in [2.24, 2.45) is 29.1 Å². The monoisotopic (exact) mass is 586 g/mol. The van der Waals surface area contributed by atoms with Crippen molar-refractivity contribution in [3.05, 3.63) is 12.7 Å². The van der Waals surface area contributed by atoms with Crippen molar-refractivity contribution in [1.29, 1.82) is 0 Å². The number of likely N-dealkylation sites (tertiary alicyclic amines) is 1. The summed E-state index contributed by atoms with van der Waals surface area (Å²) in [6.07, 6.45) is 8.83. The summed E-state index contributed by atoms with van der Waals surface area (Å²) in [5.41, 5.74) is -0.849. The van der Waals surface area contributed by atoms with Gasteiger partial charge in [-0.05, 0) is 75.5 Å². The van der Waals surface area contributed by atoms with Crippen molar-refractivity contribution in [2.75, 3.05) is 13.1 Å². The summed E-state index contributed by atoms with van der Waals surface area (Å²) in [6, 6.07) is -2.54. The van der Waals surface area contributed by atoms with Crippen LogP contribution in [0.25, 0.3) is 0 Å². The molecule has 4 amide bonds. The molecule has 0 aromatic heterocycles. The lowest BCUT2D eigenvalue weighted by Gasteiger charge is -2.37. The number of alkyl carbamates (subject to hydrolysis) is 1. The number of hydrogen-bond acceptors (Lipinski definition) is 6. The molecule has 3 N–H and O–H groups in total. The standard InChI is InChI=1S/C32H50N4O6/c1-7-17-33-28(39)26(37)22(16-15-19-13-14-19)34-27(38)25-23-21(32(23,5)6)18-36(25)29(40)24(20-11-9-8-10-12-20)35-30(41)42-31(2,3)4/h7,19-25H,1,8-18H2,2-6H3,(H,33,39)(H,34,38)(H,35,41)/t21?,22?,23-,24-,25-/m0/s1. The number of ketones is 1. The molecule has 4 fully saturated rings. The molecule has 0 aromatic rings. The number of rotatable bonds is 12. The average Bonchev–Trinajstić information content (AvgIpc) is 3.79. The van der Waals surface area contributed by atoms with Gasteiger partial charge in [0.15, 0.2) is 0 Å². The molecule has 0 spiro atoms. The molecule has 10 heteroatoms. The Balaban J connectivity index is 1.54. The summed E-state index contributed by atoms with van der Waals surface area (Å²) in [5.74, 6) is -1.58. The summed E-state index contributed by atoms with van der Waals surface area (Å²) < 4.78 is 5.51. The first kappa shape index (κ1) is 32.0. The summed E-state index contributed by atoms with van der Waals surface area (Å²) >= 11 is 0. The molecule has 234 valence electrons. The predicted octanol–water partition coefficient (Wildman–Crippen LogP) is 3.49. The van der Waals surface area contributed by atoms with E-state index in [1.54, 1.807) is 25.7 Å². The van der Waals surface area contributed by atoms with Crippen molar-refractivity contribution in [3.8, 4) is 0 Å². The lowest BCUT2D eigenvalue weighted by Crippen LogP contribution is -2.59. The molecule has 10 nitrogen and oxygen atoms in total. The van der Waals surface area contributed by atoms with Gasteiger partial charge in [0.25, 0.3) is 5.91 Å². The summed E-state index contributed by atoms with van der Waals surface area (Å²) in [5, 5.41) is 8.28. The highest BCUT2D eigenvalue weighted by molar-refractivity contribution is 6.38. The van der Waals surface area contributed by atoms with Gasteiger partial charge in [-0.1, -0.05) is 52.0 Å². The Hall–Kier alpha value is -2.91. The van der Waals surface area contributed by atoms with Crippen molar-refractivity contribution in [1.82, 2.24) is 20.9 Å². The zero-order valence-corrected chi connectivity index (χ0v) is 26.0. The van der Waals surface area contributed by atoms with E-state index < -0.39 is 47.4 Å². The minimum Gasteiger partial charge on any atom is -0.444 e. The number of ether oxygens (including phenoxy) is 1. The van der Waals surface area contributed by atoms with E-state index in [1.807, 2.05) is 0 Å². The van der Waals surface area contributed by atoms with Gasteiger partial charge in [0, 0.05) is 13.1 Å². The lowest BCUT2D eigenvalue weighted by molar-refractivity contribution is -0.145. The quantitative estimate of drug-likeness (QED) is 0.237. The van der Waals surface area contributed by atoms with Gasteiger partial charge in [0.05, 0.1) is 6.04 Å². The Labute approximate surface area is 250 Å². The van der Waals surface area contributed by atoms with Crippen LogP contribution in [0, 0.1) is 29.1 Å². The number of piperidine rings is 1. The normalized spacial score (nSPS) is 26.3. The van der Waals surface area contributed by atoms with Gasteiger partial charge in [-0.15, -0.1) is 6.58 Å². The average molecular weight is 587 g/mol. The summed E-state index contributed by atoms with van der Waals surface area (Å²) in [7, 11) is 0. The van der Waals surface area contributed by atoms with E-state index >= 15 is 0 Å². The van der Waals surface area contributed by atoms with Crippen LogP contribution in [0.1, 0.15) is 92.4 Å². The molecule has 3 saturated carbocycles. The molecule has 5 atom stereocenters. The maximum absolute atomic E-state index is 14.2. The van der Waals surface area contributed by atoms with E-state index in [4.69, 9.17) is 4.74 Å². The number of hydrogen-bond donors (Lipinski definition) is 3. The first-order valence-corrected chi connectivity index (χ1v) is 15.8. The molecular formula is C32H50N4O6. The van der Waals surface area contributed by atoms with Gasteiger partial charge in [0.1, 0.15) is 17.7 Å². The highest BCUT2D eigenvalue weighted by Gasteiger charge is 2.69. The number of amides is 4. The molecule has 1 saturated heterocycles. The fraction of sp³-hybridized carbons (Fsp3) is 0.781. The Bertz CT molecular complexity index is 1070. The molecule has 4 aliphatic rings. The minimum absolute atomic E-state index is 0.0474. The SMILES string of the molecule is C=CCNC(=O)C(=O)C(CCC1CC1)NC(=O)[C@@H]1[C@@H]2C(CN1C(=O)[C@@H](NC(=O)OC(C)(C)C)C1CCCCC1)C2(C)C. The largest absolute Gasteiger partial charge is 0.444 e. The van der Waals surface area contributed by atoms with Gasteiger partial charge in [-0.2, -0.15) is 0 Å². The first-order chi connectivity index (χ1) is 19.7. The summed E-state index contributed by atoms with van der Waals surface area (Å²) in [4.78, 5) is 68.4. The van der Waals surface area contributed by atoms with Crippen LogP contribution in [-0.2, 0) is 23.9 Å². The molecule has 0 aromatic carbocycles. The van der Waals surface area contributed by atoms with Crippen LogP contribution in [0.4, 0.5) is 4.79 Å². The Morgan fingerprint density at radius 1 is 1.02 bits per heavy atom. The number of nitrogens with zero attached hydrogens (tertiary/aromatic N) is 1. The molecule has 1 heterocycles. The lowest BCUT2D eigenvalue weighted by atomic mass is 9.83. The zero-order chi connectivity index (χ0) is 30.8. The van der Waals surface area contributed by atoms with Crippen LogP contribution < -0.4 is 16.0 Å². The van der Waals surface area contributed by atoms with Crippen molar-refractivity contribution in [3.63, 3.8) is 0 Å². The molecule has 4 rings (SSSR count). The second-order valence-electron chi connectivity index (χ2n) is 14.4. The van der Waals surface area contributed by atoms with E-state index in [0.29, 0.717) is 18.9 Å². The predicted molar refractivity (Wildman–Crippen MR) is 158 cm³/mol.